The van der Waals surface area contributed by atoms with Crippen LogP contribution in [0.25, 0.3) is 10.1 Å². The fraction of sp³-hybridized carbons (Fsp3) is 0.100. The predicted molar refractivity (Wildman–Crippen MR) is 53.7 cm³/mol. The van der Waals surface area contributed by atoms with Crippen molar-refractivity contribution in [2.24, 2.45) is 0 Å². The van der Waals surface area contributed by atoms with Crippen molar-refractivity contribution < 1.29 is 13.9 Å². The summed E-state index contributed by atoms with van der Waals surface area (Å²) < 4.78 is 19.3. The number of benzene rings is 1. The van der Waals surface area contributed by atoms with Gasteiger partial charge in [0.1, 0.15) is 5.82 Å². The van der Waals surface area contributed by atoms with E-state index in [1.807, 2.05) is 0 Å². The van der Waals surface area contributed by atoms with Gasteiger partial charge in [0, 0.05) is 16.2 Å². The highest BCUT2D eigenvalue weighted by Gasteiger charge is 2.10. The minimum absolute atomic E-state index is 0.0814. The summed E-state index contributed by atoms with van der Waals surface area (Å²) in [5.41, 5.74) is 0.0814. The molecule has 0 aliphatic rings. The summed E-state index contributed by atoms with van der Waals surface area (Å²) in [4.78, 5) is 10.5. The minimum atomic E-state index is -0.475. The highest BCUT2D eigenvalue weighted by atomic mass is 32.1. The lowest BCUT2D eigenvalue weighted by Crippen LogP contribution is -1.86. The smallest absolute Gasteiger partial charge is 0.174 e. The van der Waals surface area contributed by atoms with Crippen molar-refractivity contribution in [3.63, 3.8) is 0 Å². The summed E-state index contributed by atoms with van der Waals surface area (Å²) >= 11 is 1.35. The Hall–Kier alpha value is -1.42. The van der Waals surface area contributed by atoms with Crippen molar-refractivity contribution in [2.45, 2.75) is 0 Å². The van der Waals surface area contributed by atoms with E-state index in [4.69, 9.17) is 4.74 Å². The van der Waals surface area contributed by atoms with Crippen molar-refractivity contribution in [2.75, 3.05) is 7.11 Å². The number of carbonyl (C=O) groups is 1. The number of halogens is 1. The molecule has 0 aliphatic carbocycles. The summed E-state index contributed by atoms with van der Waals surface area (Å²) in [7, 11) is 1.53. The van der Waals surface area contributed by atoms with Crippen LogP contribution in [-0.2, 0) is 0 Å². The third-order valence-corrected chi connectivity index (χ3v) is 3.03. The van der Waals surface area contributed by atoms with Crippen molar-refractivity contribution >= 4 is 27.7 Å². The Morgan fingerprint density at radius 2 is 2.29 bits per heavy atom. The molecule has 72 valence electrons. The van der Waals surface area contributed by atoms with E-state index in [2.05, 4.69) is 0 Å². The van der Waals surface area contributed by atoms with Gasteiger partial charge in [-0.2, -0.15) is 0 Å². The van der Waals surface area contributed by atoms with Crippen molar-refractivity contribution in [3.8, 4) is 5.06 Å². The molecule has 0 aliphatic heterocycles. The Morgan fingerprint density at radius 3 is 2.93 bits per heavy atom. The lowest BCUT2D eigenvalue weighted by Gasteiger charge is -1.94. The lowest BCUT2D eigenvalue weighted by atomic mass is 10.2. The van der Waals surface area contributed by atoms with Gasteiger partial charge in [-0.15, -0.1) is 0 Å². The zero-order chi connectivity index (χ0) is 10.1. The zero-order valence-electron chi connectivity index (χ0n) is 7.41. The molecule has 1 heterocycles. The number of methoxy groups -OCH3 is 1. The first-order valence-electron chi connectivity index (χ1n) is 3.97. The Kier molecular flexibility index (Phi) is 2.21. The Balaban J connectivity index is 2.74. The Bertz CT molecular complexity index is 490. The van der Waals surface area contributed by atoms with Gasteiger partial charge in [0.2, 0.25) is 0 Å². The van der Waals surface area contributed by atoms with Crippen molar-refractivity contribution in [1.29, 1.82) is 0 Å². The molecule has 0 spiro atoms. The summed E-state index contributed by atoms with van der Waals surface area (Å²) in [6.07, 6.45) is 0.513. The third-order valence-electron chi connectivity index (χ3n) is 1.97. The molecule has 14 heavy (non-hydrogen) atoms. The largest absolute Gasteiger partial charge is 0.487 e. The third kappa shape index (κ3) is 1.28. The average molecular weight is 210 g/mol. The molecule has 0 N–H and O–H groups in total. The van der Waals surface area contributed by atoms with Crippen LogP contribution in [0, 0.1) is 5.82 Å². The maximum atomic E-state index is 13.5. The van der Waals surface area contributed by atoms with Gasteiger partial charge < -0.3 is 4.74 Å². The van der Waals surface area contributed by atoms with E-state index in [1.165, 1.54) is 24.5 Å². The van der Waals surface area contributed by atoms with Crippen LogP contribution in [0.1, 0.15) is 10.4 Å². The molecule has 0 atom stereocenters. The molecule has 1 aromatic heterocycles. The fourth-order valence-electron chi connectivity index (χ4n) is 1.26. The van der Waals surface area contributed by atoms with Gasteiger partial charge in [-0.3, -0.25) is 4.79 Å². The Morgan fingerprint density at radius 1 is 1.50 bits per heavy atom. The van der Waals surface area contributed by atoms with E-state index >= 15 is 0 Å². The standard InChI is InChI=1S/C10H7FO2S/c1-13-9-4-7-8(14-9)3-2-6(5-12)10(7)11/h2-5H,1H3. The molecule has 0 bridgehead atoms. The van der Waals surface area contributed by atoms with Crippen molar-refractivity contribution in [1.82, 2.24) is 0 Å². The topological polar surface area (TPSA) is 26.3 Å². The van der Waals surface area contributed by atoms with Gasteiger partial charge in [-0.05, 0) is 12.1 Å². The second kappa shape index (κ2) is 3.38. The molecule has 2 aromatic rings. The molecule has 0 unspecified atom stereocenters. The normalized spacial score (nSPS) is 10.4. The average Bonchev–Trinajstić information content (AvgIpc) is 2.62. The van der Waals surface area contributed by atoms with Crippen LogP contribution in [0.4, 0.5) is 4.39 Å². The van der Waals surface area contributed by atoms with E-state index in [0.29, 0.717) is 16.7 Å². The zero-order valence-corrected chi connectivity index (χ0v) is 8.23. The van der Waals surface area contributed by atoms with Crippen molar-refractivity contribution in [3.05, 3.63) is 29.6 Å². The quantitative estimate of drug-likeness (QED) is 0.712. The first kappa shape index (κ1) is 9.15. The second-order valence-electron chi connectivity index (χ2n) is 2.77. The fourth-order valence-corrected chi connectivity index (χ4v) is 2.13. The molecule has 0 radical (unpaired) electrons. The van der Waals surface area contributed by atoms with Gasteiger partial charge in [0.25, 0.3) is 0 Å². The van der Waals surface area contributed by atoms with Gasteiger partial charge in [-0.1, -0.05) is 11.3 Å². The molecule has 1 aromatic carbocycles. The van der Waals surface area contributed by atoms with Crippen LogP contribution in [0.3, 0.4) is 0 Å². The summed E-state index contributed by atoms with van der Waals surface area (Å²) in [5.74, 6) is -0.475. The van der Waals surface area contributed by atoms with E-state index in [1.54, 1.807) is 12.1 Å². The van der Waals surface area contributed by atoms with Gasteiger partial charge in [-0.25, -0.2) is 4.39 Å². The lowest BCUT2D eigenvalue weighted by molar-refractivity contribution is 0.112. The summed E-state index contributed by atoms with van der Waals surface area (Å²) in [6, 6.07) is 4.79. The molecule has 0 fully saturated rings. The van der Waals surface area contributed by atoms with E-state index in [0.717, 1.165) is 4.70 Å². The molecule has 4 heteroatoms. The predicted octanol–water partition coefficient (Wildman–Crippen LogP) is 2.86. The number of hydrogen-bond acceptors (Lipinski definition) is 3. The van der Waals surface area contributed by atoms with Crippen LogP contribution in [-0.4, -0.2) is 13.4 Å². The molecule has 2 rings (SSSR count). The van der Waals surface area contributed by atoms with Crippen LogP contribution in [0.5, 0.6) is 5.06 Å². The highest BCUT2D eigenvalue weighted by Crippen LogP contribution is 2.33. The SMILES string of the molecule is COc1cc2c(F)c(C=O)ccc2s1. The summed E-state index contributed by atoms with van der Waals surface area (Å²) in [6.45, 7) is 0. The van der Waals surface area contributed by atoms with E-state index < -0.39 is 5.82 Å². The van der Waals surface area contributed by atoms with Crippen LogP contribution < -0.4 is 4.74 Å². The molecular formula is C10H7FO2S. The number of fused-ring (bicyclic) bond motifs is 1. The molecule has 2 nitrogen and oxygen atoms in total. The highest BCUT2D eigenvalue weighted by molar-refractivity contribution is 7.20. The van der Waals surface area contributed by atoms with Gasteiger partial charge in [0.15, 0.2) is 11.3 Å². The second-order valence-corrected chi connectivity index (χ2v) is 3.81. The van der Waals surface area contributed by atoms with Gasteiger partial charge >= 0.3 is 0 Å². The summed E-state index contributed by atoms with van der Waals surface area (Å²) in [5, 5.41) is 1.08. The van der Waals surface area contributed by atoms with Crippen LogP contribution in [0.15, 0.2) is 18.2 Å². The molecule has 0 amide bonds. The first-order valence-corrected chi connectivity index (χ1v) is 4.79. The maximum Gasteiger partial charge on any atom is 0.174 e. The minimum Gasteiger partial charge on any atom is -0.487 e. The number of rotatable bonds is 2. The maximum absolute atomic E-state index is 13.5. The number of carbonyl (C=O) groups excluding carboxylic acids is 1. The Labute approximate surface area is 83.9 Å². The number of thiophene rings is 1. The van der Waals surface area contributed by atoms with Gasteiger partial charge in [0.05, 0.1) is 12.7 Å². The first-order chi connectivity index (χ1) is 6.76. The van der Waals surface area contributed by atoms with Crippen LogP contribution >= 0.6 is 11.3 Å². The molecule has 0 saturated carbocycles. The molecule has 0 saturated heterocycles. The number of hydrogen-bond donors (Lipinski definition) is 0. The van der Waals surface area contributed by atoms with Crippen LogP contribution in [0.2, 0.25) is 0 Å². The van der Waals surface area contributed by atoms with E-state index in [-0.39, 0.29) is 5.56 Å². The van der Waals surface area contributed by atoms with E-state index in [9.17, 15) is 9.18 Å². The number of ether oxygens (including phenoxy) is 1. The molecular weight excluding hydrogens is 203 g/mol. The number of aldehydes is 1. The monoisotopic (exact) mass is 210 g/mol.